The first-order chi connectivity index (χ1) is 12.2. The molecule has 7 heteroatoms. The molecular formula is C18H18FN5O. The molecule has 1 fully saturated rings. The first-order valence-electron chi connectivity index (χ1n) is 8.27. The summed E-state index contributed by atoms with van der Waals surface area (Å²) in [4.78, 5) is 10.7. The molecule has 1 atom stereocenters. The number of aryl methyl sites for hydroxylation is 1. The van der Waals surface area contributed by atoms with Crippen molar-refractivity contribution in [1.82, 2.24) is 25.1 Å². The Balaban J connectivity index is 1.44. The SMILES string of the molecule is Cc1cnc(-c2nnc(C3CCN(Cc4ccccc4F)C3)o2)cn1. The molecular weight excluding hydrogens is 321 g/mol. The summed E-state index contributed by atoms with van der Waals surface area (Å²) >= 11 is 0. The van der Waals surface area contributed by atoms with Crippen molar-refractivity contribution >= 4 is 0 Å². The average Bonchev–Trinajstić information content (AvgIpc) is 3.27. The fourth-order valence-corrected chi connectivity index (χ4v) is 3.05. The van der Waals surface area contributed by atoms with Crippen LogP contribution < -0.4 is 0 Å². The number of hydrogen-bond acceptors (Lipinski definition) is 6. The van der Waals surface area contributed by atoms with Crippen LogP contribution in [0.2, 0.25) is 0 Å². The third-order valence-electron chi connectivity index (χ3n) is 4.41. The van der Waals surface area contributed by atoms with Gasteiger partial charge in [0.2, 0.25) is 5.89 Å². The minimum Gasteiger partial charge on any atom is -0.419 e. The number of benzene rings is 1. The van der Waals surface area contributed by atoms with Crippen LogP contribution in [0.3, 0.4) is 0 Å². The number of halogens is 1. The molecule has 3 heterocycles. The van der Waals surface area contributed by atoms with E-state index < -0.39 is 0 Å². The van der Waals surface area contributed by atoms with Gasteiger partial charge in [-0.05, 0) is 26.0 Å². The van der Waals surface area contributed by atoms with Crippen LogP contribution in [-0.2, 0) is 6.54 Å². The molecule has 0 aliphatic carbocycles. The monoisotopic (exact) mass is 339 g/mol. The standard InChI is InChI=1S/C18H18FN5O/c1-12-8-21-16(9-20-12)18-23-22-17(25-18)14-6-7-24(11-14)10-13-4-2-3-5-15(13)19/h2-5,8-9,14H,6-7,10-11H2,1H3. The molecule has 1 unspecified atom stereocenters. The second kappa shape index (κ2) is 6.68. The number of likely N-dealkylation sites (tertiary alicyclic amines) is 1. The molecule has 0 spiro atoms. The summed E-state index contributed by atoms with van der Waals surface area (Å²) in [6.45, 7) is 4.11. The zero-order valence-corrected chi connectivity index (χ0v) is 13.9. The molecule has 3 aromatic rings. The van der Waals surface area contributed by atoms with Crippen molar-refractivity contribution in [3.05, 3.63) is 59.6 Å². The van der Waals surface area contributed by atoms with Gasteiger partial charge in [0.15, 0.2) is 0 Å². The number of aromatic nitrogens is 4. The Hall–Kier alpha value is -2.67. The number of nitrogens with zero attached hydrogens (tertiary/aromatic N) is 5. The van der Waals surface area contributed by atoms with Crippen LogP contribution in [0.1, 0.15) is 29.5 Å². The highest BCUT2D eigenvalue weighted by molar-refractivity contribution is 5.43. The van der Waals surface area contributed by atoms with Gasteiger partial charge in [-0.1, -0.05) is 18.2 Å². The van der Waals surface area contributed by atoms with Crippen LogP contribution in [0, 0.1) is 12.7 Å². The summed E-state index contributed by atoms with van der Waals surface area (Å²) in [7, 11) is 0. The van der Waals surface area contributed by atoms with Crippen molar-refractivity contribution in [3.63, 3.8) is 0 Å². The van der Waals surface area contributed by atoms with Crippen molar-refractivity contribution in [2.75, 3.05) is 13.1 Å². The minimum absolute atomic E-state index is 0.159. The molecule has 1 aromatic carbocycles. The van der Waals surface area contributed by atoms with Gasteiger partial charge >= 0.3 is 0 Å². The van der Waals surface area contributed by atoms with Gasteiger partial charge in [-0.3, -0.25) is 9.88 Å². The molecule has 0 radical (unpaired) electrons. The molecule has 6 nitrogen and oxygen atoms in total. The highest BCUT2D eigenvalue weighted by Gasteiger charge is 2.29. The van der Waals surface area contributed by atoms with E-state index in [2.05, 4.69) is 25.1 Å². The van der Waals surface area contributed by atoms with Crippen molar-refractivity contribution in [1.29, 1.82) is 0 Å². The Morgan fingerprint density at radius 1 is 1.20 bits per heavy atom. The third-order valence-corrected chi connectivity index (χ3v) is 4.41. The third kappa shape index (κ3) is 3.41. The summed E-state index contributed by atoms with van der Waals surface area (Å²) < 4.78 is 19.6. The molecule has 0 amide bonds. The van der Waals surface area contributed by atoms with Gasteiger partial charge in [-0.15, -0.1) is 10.2 Å². The summed E-state index contributed by atoms with van der Waals surface area (Å²) in [5, 5.41) is 8.26. The van der Waals surface area contributed by atoms with Gasteiger partial charge in [0, 0.05) is 24.8 Å². The summed E-state index contributed by atoms with van der Waals surface area (Å²) in [5.74, 6) is 0.985. The molecule has 4 rings (SSSR count). The Morgan fingerprint density at radius 3 is 2.88 bits per heavy atom. The second-order valence-electron chi connectivity index (χ2n) is 6.30. The van der Waals surface area contributed by atoms with E-state index in [1.807, 2.05) is 19.1 Å². The highest BCUT2D eigenvalue weighted by atomic mass is 19.1. The van der Waals surface area contributed by atoms with E-state index in [4.69, 9.17) is 4.42 Å². The molecule has 0 N–H and O–H groups in total. The molecule has 1 saturated heterocycles. The molecule has 0 bridgehead atoms. The topological polar surface area (TPSA) is 67.9 Å². The fraction of sp³-hybridized carbons (Fsp3) is 0.333. The lowest BCUT2D eigenvalue weighted by atomic mass is 10.1. The van der Waals surface area contributed by atoms with Crippen molar-refractivity contribution in [2.45, 2.75) is 25.8 Å². The highest BCUT2D eigenvalue weighted by Crippen LogP contribution is 2.29. The molecule has 2 aromatic heterocycles. The molecule has 0 saturated carbocycles. The maximum atomic E-state index is 13.8. The first kappa shape index (κ1) is 15.8. The lowest BCUT2D eigenvalue weighted by Crippen LogP contribution is -2.20. The van der Waals surface area contributed by atoms with Gasteiger partial charge < -0.3 is 4.42 Å². The quantitative estimate of drug-likeness (QED) is 0.728. The van der Waals surface area contributed by atoms with Crippen molar-refractivity contribution in [2.24, 2.45) is 0 Å². The Morgan fingerprint density at radius 2 is 2.08 bits per heavy atom. The van der Waals surface area contributed by atoms with Crippen molar-refractivity contribution in [3.8, 4) is 11.6 Å². The van der Waals surface area contributed by atoms with E-state index in [1.165, 1.54) is 6.07 Å². The van der Waals surface area contributed by atoms with Crippen LogP contribution >= 0.6 is 0 Å². The second-order valence-corrected chi connectivity index (χ2v) is 6.30. The average molecular weight is 339 g/mol. The van der Waals surface area contributed by atoms with Crippen LogP contribution in [0.15, 0.2) is 41.1 Å². The predicted octanol–water partition coefficient (Wildman–Crippen LogP) is 2.96. The Labute approximate surface area is 144 Å². The van der Waals surface area contributed by atoms with E-state index in [0.717, 1.165) is 25.2 Å². The lowest BCUT2D eigenvalue weighted by Gasteiger charge is -2.15. The van der Waals surface area contributed by atoms with E-state index in [-0.39, 0.29) is 11.7 Å². The van der Waals surface area contributed by atoms with Gasteiger partial charge in [0.1, 0.15) is 11.5 Å². The van der Waals surface area contributed by atoms with Crippen molar-refractivity contribution < 1.29 is 8.81 Å². The van der Waals surface area contributed by atoms with Crippen LogP contribution in [0.25, 0.3) is 11.6 Å². The lowest BCUT2D eigenvalue weighted by molar-refractivity contribution is 0.315. The first-order valence-corrected chi connectivity index (χ1v) is 8.27. The van der Waals surface area contributed by atoms with Gasteiger partial charge in [0.05, 0.1) is 17.8 Å². The number of rotatable bonds is 4. The Kier molecular flexibility index (Phi) is 4.23. The summed E-state index contributed by atoms with van der Waals surface area (Å²) in [5.41, 5.74) is 2.12. The zero-order chi connectivity index (χ0) is 17.2. The largest absolute Gasteiger partial charge is 0.419 e. The van der Waals surface area contributed by atoms with Gasteiger partial charge in [-0.25, -0.2) is 9.37 Å². The zero-order valence-electron chi connectivity index (χ0n) is 13.9. The summed E-state index contributed by atoms with van der Waals surface area (Å²) in [6, 6.07) is 6.89. The van der Waals surface area contributed by atoms with E-state index in [9.17, 15) is 4.39 Å². The van der Waals surface area contributed by atoms with E-state index >= 15 is 0 Å². The maximum Gasteiger partial charge on any atom is 0.267 e. The molecule has 1 aliphatic heterocycles. The molecule has 25 heavy (non-hydrogen) atoms. The normalized spacial score (nSPS) is 17.9. The van der Waals surface area contributed by atoms with E-state index in [0.29, 0.717) is 29.6 Å². The fourth-order valence-electron chi connectivity index (χ4n) is 3.05. The molecule has 128 valence electrons. The van der Waals surface area contributed by atoms with Gasteiger partial charge in [0.25, 0.3) is 5.89 Å². The minimum atomic E-state index is -0.163. The predicted molar refractivity (Wildman–Crippen MR) is 89.1 cm³/mol. The van der Waals surface area contributed by atoms with Crippen LogP contribution in [-0.4, -0.2) is 38.2 Å². The molecule has 1 aliphatic rings. The maximum absolute atomic E-state index is 13.8. The summed E-state index contributed by atoms with van der Waals surface area (Å²) in [6.07, 6.45) is 4.21. The smallest absolute Gasteiger partial charge is 0.267 e. The number of hydrogen-bond donors (Lipinski definition) is 0. The Bertz CT molecular complexity index is 864. The van der Waals surface area contributed by atoms with Crippen LogP contribution in [0.5, 0.6) is 0 Å². The van der Waals surface area contributed by atoms with E-state index in [1.54, 1.807) is 18.5 Å². The van der Waals surface area contributed by atoms with Gasteiger partial charge in [-0.2, -0.15) is 0 Å². The van der Waals surface area contributed by atoms with Crippen LogP contribution in [0.4, 0.5) is 4.39 Å².